The average molecular weight is 228 g/mol. The molecule has 3 heteroatoms. The molecule has 0 aromatic rings. The quantitative estimate of drug-likeness (QED) is 0.750. The van der Waals surface area contributed by atoms with Crippen LogP contribution in [0.5, 0.6) is 0 Å². The predicted molar refractivity (Wildman–Crippen MR) is 68.7 cm³/mol. The third-order valence-corrected chi connectivity index (χ3v) is 3.70. The average Bonchev–Trinajstić information content (AvgIpc) is 2.45. The molecule has 0 aromatic heterocycles. The van der Waals surface area contributed by atoms with Crippen LogP contribution in [0, 0.1) is 0 Å². The van der Waals surface area contributed by atoms with Crippen LogP contribution in [0.1, 0.15) is 46.5 Å². The van der Waals surface area contributed by atoms with E-state index in [4.69, 9.17) is 0 Å². The lowest BCUT2D eigenvalue weighted by Crippen LogP contribution is -2.55. The highest BCUT2D eigenvalue weighted by Gasteiger charge is 2.28. The second-order valence-electron chi connectivity index (χ2n) is 5.42. The normalized spacial score (nSPS) is 27.4. The molecule has 0 spiro atoms. The summed E-state index contributed by atoms with van der Waals surface area (Å²) in [6.45, 7) is 9.80. The fourth-order valence-electron chi connectivity index (χ4n) is 2.61. The maximum atomic E-state index is 9.51. The molecule has 2 N–H and O–H groups in total. The van der Waals surface area contributed by atoms with Gasteiger partial charge in [0, 0.05) is 12.6 Å². The van der Waals surface area contributed by atoms with Crippen molar-refractivity contribution in [1.82, 2.24) is 10.2 Å². The van der Waals surface area contributed by atoms with Crippen LogP contribution < -0.4 is 5.32 Å². The molecule has 0 aliphatic carbocycles. The van der Waals surface area contributed by atoms with Crippen LogP contribution in [-0.2, 0) is 0 Å². The lowest BCUT2D eigenvalue weighted by molar-refractivity contribution is 0.102. The number of hydrogen-bond acceptors (Lipinski definition) is 3. The maximum Gasteiger partial charge on any atom is 0.0623 e. The smallest absolute Gasteiger partial charge is 0.0623 e. The summed E-state index contributed by atoms with van der Waals surface area (Å²) in [5, 5.41) is 12.9. The van der Waals surface area contributed by atoms with Gasteiger partial charge in [-0.25, -0.2) is 0 Å². The Morgan fingerprint density at radius 3 is 2.75 bits per heavy atom. The molecule has 2 unspecified atom stereocenters. The largest absolute Gasteiger partial charge is 0.394 e. The van der Waals surface area contributed by atoms with E-state index in [0.717, 1.165) is 13.1 Å². The van der Waals surface area contributed by atoms with E-state index in [1.54, 1.807) is 0 Å². The zero-order valence-electron chi connectivity index (χ0n) is 11.1. The van der Waals surface area contributed by atoms with Crippen molar-refractivity contribution >= 4 is 0 Å². The van der Waals surface area contributed by atoms with Crippen molar-refractivity contribution in [2.45, 2.75) is 58.0 Å². The van der Waals surface area contributed by atoms with Gasteiger partial charge in [-0.2, -0.15) is 0 Å². The third kappa shape index (κ3) is 4.04. The topological polar surface area (TPSA) is 35.5 Å². The van der Waals surface area contributed by atoms with E-state index in [1.165, 1.54) is 32.2 Å². The number of likely N-dealkylation sites (tertiary alicyclic amines) is 1. The molecule has 1 saturated heterocycles. The molecule has 1 rings (SSSR count). The summed E-state index contributed by atoms with van der Waals surface area (Å²) in [5.41, 5.74) is -0.145. The number of hydrogen-bond donors (Lipinski definition) is 2. The molecule has 1 fully saturated rings. The van der Waals surface area contributed by atoms with E-state index in [1.807, 2.05) is 0 Å². The second kappa shape index (κ2) is 6.58. The van der Waals surface area contributed by atoms with Crippen LogP contribution in [0.4, 0.5) is 0 Å². The molecule has 0 aromatic carbocycles. The first-order valence-electron chi connectivity index (χ1n) is 6.71. The monoisotopic (exact) mass is 228 g/mol. The molecule has 0 radical (unpaired) electrons. The Bertz CT molecular complexity index is 198. The number of nitrogens with zero attached hydrogens (tertiary/aromatic N) is 1. The van der Waals surface area contributed by atoms with Crippen LogP contribution in [-0.4, -0.2) is 47.8 Å². The SMILES string of the molecule is CCNC(C)(CO)CN1CCCCCC1C. The summed E-state index contributed by atoms with van der Waals surface area (Å²) < 4.78 is 0. The molecule has 0 amide bonds. The van der Waals surface area contributed by atoms with Crippen LogP contribution >= 0.6 is 0 Å². The Morgan fingerprint density at radius 2 is 2.12 bits per heavy atom. The summed E-state index contributed by atoms with van der Waals surface area (Å²) in [6, 6.07) is 0.659. The van der Waals surface area contributed by atoms with Gasteiger partial charge < -0.3 is 10.4 Å². The highest BCUT2D eigenvalue weighted by atomic mass is 16.3. The van der Waals surface area contributed by atoms with Gasteiger partial charge in [0.05, 0.1) is 12.1 Å². The molecular weight excluding hydrogens is 200 g/mol. The van der Waals surface area contributed by atoms with E-state index < -0.39 is 0 Å². The van der Waals surface area contributed by atoms with Crippen molar-refractivity contribution in [3.8, 4) is 0 Å². The van der Waals surface area contributed by atoms with Crippen molar-refractivity contribution in [2.75, 3.05) is 26.2 Å². The van der Waals surface area contributed by atoms with E-state index >= 15 is 0 Å². The fraction of sp³-hybridized carbons (Fsp3) is 1.00. The fourth-order valence-corrected chi connectivity index (χ4v) is 2.61. The minimum absolute atomic E-state index is 0.145. The van der Waals surface area contributed by atoms with Gasteiger partial charge >= 0.3 is 0 Å². The summed E-state index contributed by atoms with van der Waals surface area (Å²) in [6.07, 6.45) is 5.32. The summed E-state index contributed by atoms with van der Waals surface area (Å²) in [4.78, 5) is 2.53. The molecule has 3 nitrogen and oxygen atoms in total. The van der Waals surface area contributed by atoms with Crippen molar-refractivity contribution in [2.24, 2.45) is 0 Å². The zero-order chi connectivity index (χ0) is 12.0. The van der Waals surface area contributed by atoms with Crippen molar-refractivity contribution in [3.63, 3.8) is 0 Å². The Balaban J connectivity index is 2.54. The van der Waals surface area contributed by atoms with Gasteiger partial charge in [-0.15, -0.1) is 0 Å². The first-order chi connectivity index (χ1) is 7.61. The minimum Gasteiger partial charge on any atom is -0.394 e. The Hall–Kier alpha value is -0.120. The van der Waals surface area contributed by atoms with E-state index in [0.29, 0.717) is 6.04 Å². The van der Waals surface area contributed by atoms with Gasteiger partial charge in [0.2, 0.25) is 0 Å². The molecule has 2 atom stereocenters. The van der Waals surface area contributed by atoms with Gasteiger partial charge in [-0.3, -0.25) is 4.90 Å². The summed E-state index contributed by atoms with van der Waals surface area (Å²) >= 11 is 0. The van der Waals surface area contributed by atoms with Crippen LogP contribution in [0.2, 0.25) is 0 Å². The summed E-state index contributed by atoms with van der Waals surface area (Å²) in [5.74, 6) is 0. The van der Waals surface area contributed by atoms with Crippen LogP contribution in [0.15, 0.2) is 0 Å². The van der Waals surface area contributed by atoms with Crippen molar-refractivity contribution in [3.05, 3.63) is 0 Å². The van der Waals surface area contributed by atoms with E-state index in [9.17, 15) is 5.11 Å². The maximum absolute atomic E-state index is 9.51. The Labute approximate surface area is 100 Å². The second-order valence-corrected chi connectivity index (χ2v) is 5.42. The molecule has 1 aliphatic rings. The van der Waals surface area contributed by atoms with Gasteiger partial charge in [-0.1, -0.05) is 19.8 Å². The number of nitrogens with one attached hydrogen (secondary N) is 1. The highest BCUT2D eigenvalue weighted by molar-refractivity contribution is 4.87. The molecule has 96 valence electrons. The highest BCUT2D eigenvalue weighted by Crippen LogP contribution is 2.18. The lowest BCUT2D eigenvalue weighted by atomic mass is 10.0. The number of aliphatic hydroxyl groups is 1. The number of rotatable bonds is 5. The van der Waals surface area contributed by atoms with Crippen LogP contribution in [0.25, 0.3) is 0 Å². The third-order valence-electron chi connectivity index (χ3n) is 3.70. The van der Waals surface area contributed by atoms with Crippen molar-refractivity contribution in [1.29, 1.82) is 0 Å². The summed E-state index contributed by atoms with van der Waals surface area (Å²) in [7, 11) is 0. The minimum atomic E-state index is -0.145. The van der Waals surface area contributed by atoms with Gasteiger partial charge in [0.25, 0.3) is 0 Å². The molecular formula is C13H28N2O. The first-order valence-corrected chi connectivity index (χ1v) is 6.71. The van der Waals surface area contributed by atoms with Gasteiger partial charge in [0.15, 0.2) is 0 Å². The van der Waals surface area contributed by atoms with E-state index in [-0.39, 0.29) is 12.1 Å². The Kier molecular flexibility index (Phi) is 5.73. The van der Waals surface area contributed by atoms with Crippen molar-refractivity contribution < 1.29 is 5.11 Å². The number of likely N-dealkylation sites (N-methyl/N-ethyl adjacent to an activating group) is 1. The van der Waals surface area contributed by atoms with E-state index in [2.05, 4.69) is 31.0 Å². The standard InChI is InChI=1S/C13H28N2O/c1-4-14-13(3,11-16)10-15-9-7-5-6-8-12(15)2/h12,14,16H,4-11H2,1-3H3. The molecule has 0 bridgehead atoms. The molecule has 1 heterocycles. The molecule has 0 saturated carbocycles. The van der Waals surface area contributed by atoms with Gasteiger partial charge in [0.1, 0.15) is 0 Å². The van der Waals surface area contributed by atoms with Crippen LogP contribution in [0.3, 0.4) is 0 Å². The predicted octanol–water partition coefficient (Wildman–Crippen LogP) is 1.61. The first kappa shape index (κ1) is 13.9. The number of aliphatic hydroxyl groups excluding tert-OH is 1. The Morgan fingerprint density at radius 1 is 1.38 bits per heavy atom. The van der Waals surface area contributed by atoms with Gasteiger partial charge in [-0.05, 0) is 39.8 Å². The molecule has 1 aliphatic heterocycles. The lowest BCUT2D eigenvalue weighted by Gasteiger charge is -2.37. The molecule has 16 heavy (non-hydrogen) atoms. The zero-order valence-corrected chi connectivity index (χ0v) is 11.1.